The number of aromatic hydroxyl groups is 1. The molecule has 3 rings (SSSR count). The van der Waals surface area contributed by atoms with Crippen molar-refractivity contribution in [2.45, 2.75) is 83.8 Å². The van der Waals surface area contributed by atoms with Gasteiger partial charge in [0.2, 0.25) is 0 Å². The smallest absolute Gasteiger partial charge is 0.138 e. The normalized spacial score (nSPS) is 16.7. The summed E-state index contributed by atoms with van der Waals surface area (Å²) in [5.74, 6) is 0.370. The summed E-state index contributed by atoms with van der Waals surface area (Å²) >= 11 is 0. The van der Waals surface area contributed by atoms with Crippen molar-refractivity contribution in [1.29, 1.82) is 0 Å². The third-order valence-corrected chi connectivity index (χ3v) is 6.89. The molecule has 0 saturated carbocycles. The number of unbranched alkanes of at least 4 members (excludes halogenated alkanes) is 2. The minimum absolute atomic E-state index is 0.370. The number of rotatable bonds is 13. The van der Waals surface area contributed by atoms with Crippen LogP contribution < -0.4 is 10.6 Å². The molecule has 1 aliphatic carbocycles. The van der Waals surface area contributed by atoms with E-state index in [1.165, 1.54) is 48.8 Å². The van der Waals surface area contributed by atoms with Crippen molar-refractivity contribution in [2.75, 3.05) is 25.5 Å². The fraction of sp³-hybridized carbons (Fsp3) is 0.571. The van der Waals surface area contributed by atoms with Gasteiger partial charge in [0, 0.05) is 19.6 Å². The highest BCUT2D eigenvalue weighted by Crippen LogP contribution is 2.36. The van der Waals surface area contributed by atoms with Crippen LogP contribution in [0, 0.1) is 0 Å². The molecule has 0 radical (unpaired) electrons. The van der Waals surface area contributed by atoms with Crippen LogP contribution in [0.4, 0.5) is 5.69 Å². The summed E-state index contributed by atoms with van der Waals surface area (Å²) in [5.41, 5.74) is 5.02. The zero-order chi connectivity index (χ0) is 22.8. The molecule has 3 N–H and O–H groups in total. The minimum Gasteiger partial charge on any atom is -0.506 e. The first-order valence-electron chi connectivity index (χ1n) is 12.7. The Morgan fingerprint density at radius 1 is 1.06 bits per heavy atom. The van der Waals surface area contributed by atoms with Gasteiger partial charge in [-0.05, 0) is 67.8 Å². The van der Waals surface area contributed by atoms with E-state index < -0.39 is 0 Å². The number of nitrogens with zero attached hydrogens (tertiary/aromatic N) is 1. The van der Waals surface area contributed by atoms with E-state index in [9.17, 15) is 5.11 Å². The second-order valence-electron chi connectivity index (χ2n) is 9.18. The molecule has 0 heterocycles. The summed E-state index contributed by atoms with van der Waals surface area (Å²) in [6.07, 6.45) is 11.0. The van der Waals surface area contributed by atoms with Gasteiger partial charge < -0.3 is 15.7 Å². The number of nitrogens with one attached hydrogen (secondary N) is 2. The van der Waals surface area contributed by atoms with Crippen LogP contribution in [0.5, 0.6) is 5.75 Å². The van der Waals surface area contributed by atoms with Gasteiger partial charge in [-0.1, -0.05) is 69.5 Å². The lowest BCUT2D eigenvalue weighted by atomic mass is 9.85. The Bertz CT molecular complexity index is 808. The molecule has 0 bridgehead atoms. The maximum absolute atomic E-state index is 10.2. The van der Waals surface area contributed by atoms with Crippen LogP contribution in [0.25, 0.3) is 0 Å². The van der Waals surface area contributed by atoms with Gasteiger partial charge in [-0.15, -0.1) is 0 Å². The zero-order valence-corrected chi connectivity index (χ0v) is 20.4. The molecular weight excluding hydrogens is 394 g/mol. The van der Waals surface area contributed by atoms with Gasteiger partial charge in [-0.3, -0.25) is 4.90 Å². The van der Waals surface area contributed by atoms with Gasteiger partial charge in [-0.25, -0.2) is 0 Å². The topological polar surface area (TPSA) is 47.5 Å². The molecule has 32 heavy (non-hydrogen) atoms. The Morgan fingerprint density at radius 3 is 2.59 bits per heavy atom. The van der Waals surface area contributed by atoms with Gasteiger partial charge in [0.1, 0.15) is 5.75 Å². The molecule has 0 saturated heterocycles. The molecular formula is C28H43N3O. The largest absolute Gasteiger partial charge is 0.506 e. The van der Waals surface area contributed by atoms with Crippen LogP contribution in [0.3, 0.4) is 0 Å². The standard InChI is InChI=1S/C28H43N3O/c1-4-6-8-13-27(30-19-18-22-11-9-7-10-12-22)31(20-5-2)24-15-16-25-23(21-24)14-17-26(32)28(25)29-3/h7,9-12,14,17,24,27,29-30,32H,4-6,8,13,15-16,18-21H2,1-3H3. The van der Waals surface area contributed by atoms with Crippen molar-refractivity contribution in [1.82, 2.24) is 10.2 Å². The average Bonchev–Trinajstić information content (AvgIpc) is 2.82. The molecule has 0 spiro atoms. The van der Waals surface area contributed by atoms with Crippen molar-refractivity contribution >= 4 is 5.69 Å². The van der Waals surface area contributed by atoms with Crippen LogP contribution in [0.1, 0.15) is 69.1 Å². The van der Waals surface area contributed by atoms with E-state index in [-0.39, 0.29) is 0 Å². The van der Waals surface area contributed by atoms with E-state index in [2.05, 4.69) is 65.8 Å². The van der Waals surface area contributed by atoms with Crippen molar-refractivity contribution in [3.8, 4) is 5.75 Å². The van der Waals surface area contributed by atoms with Crippen molar-refractivity contribution in [3.63, 3.8) is 0 Å². The molecule has 0 aromatic heterocycles. The van der Waals surface area contributed by atoms with Crippen LogP contribution in [0.2, 0.25) is 0 Å². The third kappa shape index (κ3) is 6.49. The number of phenols is 1. The summed E-state index contributed by atoms with van der Waals surface area (Å²) in [6.45, 7) is 6.73. The highest BCUT2D eigenvalue weighted by atomic mass is 16.3. The fourth-order valence-electron chi connectivity index (χ4n) is 5.24. The van der Waals surface area contributed by atoms with Gasteiger partial charge >= 0.3 is 0 Å². The number of hydrogen-bond acceptors (Lipinski definition) is 4. The molecule has 1 aliphatic rings. The monoisotopic (exact) mass is 437 g/mol. The van der Waals surface area contributed by atoms with E-state index in [4.69, 9.17) is 0 Å². The number of anilines is 1. The Hall–Kier alpha value is -2.04. The summed E-state index contributed by atoms with van der Waals surface area (Å²) in [4.78, 5) is 2.76. The zero-order valence-electron chi connectivity index (χ0n) is 20.4. The summed E-state index contributed by atoms with van der Waals surface area (Å²) in [6, 6.07) is 15.3. The fourth-order valence-corrected chi connectivity index (χ4v) is 5.24. The second kappa shape index (κ2) is 12.9. The predicted octanol–water partition coefficient (Wildman–Crippen LogP) is 5.74. The van der Waals surface area contributed by atoms with Crippen molar-refractivity contribution in [2.24, 2.45) is 0 Å². The third-order valence-electron chi connectivity index (χ3n) is 6.89. The van der Waals surface area contributed by atoms with Crippen LogP contribution in [-0.2, 0) is 19.3 Å². The van der Waals surface area contributed by atoms with Gasteiger partial charge in [0.25, 0.3) is 0 Å². The first-order valence-corrected chi connectivity index (χ1v) is 12.7. The van der Waals surface area contributed by atoms with Crippen LogP contribution in [0.15, 0.2) is 42.5 Å². The van der Waals surface area contributed by atoms with E-state index >= 15 is 0 Å². The quantitative estimate of drug-likeness (QED) is 0.212. The first-order chi connectivity index (χ1) is 15.7. The summed E-state index contributed by atoms with van der Waals surface area (Å²) in [7, 11) is 1.91. The highest BCUT2D eigenvalue weighted by Gasteiger charge is 2.30. The number of hydrogen-bond donors (Lipinski definition) is 3. The molecule has 4 heteroatoms. The molecule has 2 unspecified atom stereocenters. The molecule has 4 nitrogen and oxygen atoms in total. The minimum atomic E-state index is 0.370. The van der Waals surface area contributed by atoms with Crippen LogP contribution in [-0.4, -0.2) is 42.4 Å². The Kier molecular flexibility index (Phi) is 9.89. The Balaban J connectivity index is 1.72. The van der Waals surface area contributed by atoms with Crippen molar-refractivity contribution < 1.29 is 5.11 Å². The summed E-state index contributed by atoms with van der Waals surface area (Å²) in [5, 5.41) is 17.4. The van der Waals surface area contributed by atoms with Gasteiger partial charge in [-0.2, -0.15) is 0 Å². The van der Waals surface area contributed by atoms with Crippen molar-refractivity contribution in [3.05, 3.63) is 59.2 Å². The maximum atomic E-state index is 10.2. The molecule has 0 aliphatic heterocycles. The summed E-state index contributed by atoms with van der Waals surface area (Å²) < 4.78 is 0. The van der Waals surface area contributed by atoms with E-state index in [1.54, 1.807) is 0 Å². The molecule has 0 fully saturated rings. The SMILES string of the molecule is CCCCCC(NCCc1ccccc1)N(CCC)C1CCc2c(ccc(O)c2NC)C1. The highest BCUT2D eigenvalue weighted by molar-refractivity contribution is 5.64. The molecule has 2 aromatic carbocycles. The number of fused-ring (bicyclic) bond motifs is 1. The molecule has 176 valence electrons. The van der Waals surface area contributed by atoms with E-state index in [0.717, 1.165) is 44.5 Å². The van der Waals surface area contributed by atoms with Gasteiger partial charge in [0.05, 0.1) is 11.9 Å². The predicted molar refractivity (Wildman–Crippen MR) is 137 cm³/mol. The average molecular weight is 438 g/mol. The molecule has 0 amide bonds. The Morgan fingerprint density at radius 2 is 1.88 bits per heavy atom. The van der Waals surface area contributed by atoms with Crippen LogP contribution >= 0.6 is 0 Å². The first kappa shape index (κ1) is 24.6. The van der Waals surface area contributed by atoms with Gasteiger partial charge in [0.15, 0.2) is 0 Å². The number of phenolic OH excluding ortho intramolecular Hbond substituents is 1. The second-order valence-corrected chi connectivity index (χ2v) is 9.18. The van der Waals surface area contributed by atoms with E-state index in [0.29, 0.717) is 18.0 Å². The lowest BCUT2D eigenvalue weighted by Gasteiger charge is -2.41. The lowest BCUT2D eigenvalue weighted by molar-refractivity contribution is 0.0908. The Labute approximate surface area is 195 Å². The lowest BCUT2D eigenvalue weighted by Crippen LogP contribution is -2.53. The molecule has 2 atom stereocenters. The number of benzene rings is 2. The maximum Gasteiger partial charge on any atom is 0.138 e. The van der Waals surface area contributed by atoms with E-state index in [1.807, 2.05) is 13.1 Å². The molecule has 2 aromatic rings.